The first-order chi connectivity index (χ1) is 17.3. The first kappa shape index (κ1) is 27.7. The van der Waals surface area contributed by atoms with Gasteiger partial charge in [-0.05, 0) is 96.6 Å². The van der Waals surface area contributed by atoms with Crippen molar-refractivity contribution in [2.24, 2.45) is 0 Å². The van der Waals surface area contributed by atoms with Crippen molar-refractivity contribution >= 4 is 63.5 Å². The fraction of sp³-hybridized carbons (Fsp3) is 0.185. The summed E-state index contributed by atoms with van der Waals surface area (Å²) in [6.07, 6.45) is 1.51. The molecule has 9 heteroatoms. The molecule has 0 saturated heterocycles. The van der Waals surface area contributed by atoms with Crippen LogP contribution in [-0.2, 0) is 11.4 Å². The molecular formula is C27H23Cl2IN2O4. The average Bonchev–Trinajstić information content (AvgIpc) is 2.84. The highest BCUT2D eigenvalue weighted by molar-refractivity contribution is 14.1. The van der Waals surface area contributed by atoms with Crippen LogP contribution in [0, 0.1) is 14.9 Å². The van der Waals surface area contributed by atoms with Gasteiger partial charge in [0.05, 0.1) is 16.8 Å². The van der Waals surface area contributed by atoms with Gasteiger partial charge in [0.1, 0.15) is 24.0 Å². The van der Waals surface area contributed by atoms with Gasteiger partial charge in [-0.15, -0.1) is 0 Å². The normalized spacial score (nSPS) is 10.9. The number of carbonyl (C=O) groups excluding carboxylic acids is 1. The maximum Gasteiger partial charge on any atom is 0.266 e. The number of nitriles is 1. The van der Waals surface area contributed by atoms with E-state index in [-0.39, 0.29) is 12.2 Å². The number of nitrogens with zero attached hydrogens (tertiary/aromatic N) is 1. The molecule has 0 heterocycles. The maximum atomic E-state index is 12.7. The van der Waals surface area contributed by atoms with Crippen LogP contribution < -0.4 is 19.5 Å². The van der Waals surface area contributed by atoms with Crippen LogP contribution in [0.4, 0.5) is 5.69 Å². The van der Waals surface area contributed by atoms with Gasteiger partial charge in [0.25, 0.3) is 5.91 Å². The Labute approximate surface area is 233 Å². The molecule has 0 spiro atoms. The molecule has 36 heavy (non-hydrogen) atoms. The van der Waals surface area contributed by atoms with E-state index in [9.17, 15) is 10.1 Å². The summed E-state index contributed by atoms with van der Waals surface area (Å²) in [4.78, 5) is 12.7. The van der Waals surface area contributed by atoms with Crippen molar-refractivity contribution < 1.29 is 19.0 Å². The second-order valence-corrected chi connectivity index (χ2v) is 9.37. The molecule has 6 nitrogen and oxygen atoms in total. The highest BCUT2D eigenvalue weighted by atomic mass is 127. The summed E-state index contributed by atoms with van der Waals surface area (Å²) in [5, 5.41) is 13.4. The van der Waals surface area contributed by atoms with Crippen molar-refractivity contribution in [1.29, 1.82) is 5.26 Å². The SMILES string of the molecule is CCOc1ccc(NC(=O)/C(C#N)=C/c2cc(I)c(OCc3ccc(Cl)cc3Cl)c(OCC)c2)cc1. The Kier molecular flexibility index (Phi) is 10.3. The van der Waals surface area contributed by atoms with Crippen molar-refractivity contribution in [3.05, 3.63) is 84.9 Å². The molecule has 3 aromatic rings. The molecule has 3 rings (SSSR count). The fourth-order valence-corrected chi connectivity index (χ4v) is 4.42. The van der Waals surface area contributed by atoms with Crippen LogP contribution in [0.1, 0.15) is 25.0 Å². The Balaban J connectivity index is 1.81. The highest BCUT2D eigenvalue weighted by Crippen LogP contribution is 2.36. The van der Waals surface area contributed by atoms with Crippen molar-refractivity contribution in [2.45, 2.75) is 20.5 Å². The molecule has 0 aliphatic carbocycles. The number of hydrogen-bond donors (Lipinski definition) is 1. The van der Waals surface area contributed by atoms with Gasteiger partial charge in [-0.1, -0.05) is 29.3 Å². The van der Waals surface area contributed by atoms with Gasteiger partial charge >= 0.3 is 0 Å². The monoisotopic (exact) mass is 636 g/mol. The van der Waals surface area contributed by atoms with Crippen LogP contribution >= 0.6 is 45.8 Å². The molecule has 0 radical (unpaired) electrons. The zero-order chi connectivity index (χ0) is 26.1. The number of rotatable bonds is 10. The summed E-state index contributed by atoms with van der Waals surface area (Å²) < 4.78 is 18.0. The van der Waals surface area contributed by atoms with Gasteiger partial charge in [0, 0.05) is 21.3 Å². The maximum absolute atomic E-state index is 12.7. The number of carbonyl (C=O) groups is 1. The predicted octanol–water partition coefficient (Wildman–Crippen LogP) is 7.52. The number of halogens is 3. The van der Waals surface area contributed by atoms with E-state index in [0.29, 0.717) is 51.8 Å². The van der Waals surface area contributed by atoms with Gasteiger partial charge in [-0.3, -0.25) is 4.79 Å². The van der Waals surface area contributed by atoms with E-state index in [2.05, 4.69) is 27.9 Å². The lowest BCUT2D eigenvalue weighted by Gasteiger charge is -2.15. The molecule has 0 bridgehead atoms. The minimum absolute atomic E-state index is 0.0521. The summed E-state index contributed by atoms with van der Waals surface area (Å²) in [6, 6.07) is 17.6. The Hall–Kier alpha value is -2.93. The van der Waals surface area contributed by atoms with E-state index in [1.807, 2.05) is 26.0 Å². The van der Waals surface area contributed by atoms with E-state index in [1.54, 1.807) is 48.5 Å². The third-order valence-electron chi connectivity index (χ3n) is 4.82. The van der Waals surface area contributed by atoms with Crippen LogP contribution in [0.2, 0.25) is 10.0 Å². The number of benzene rings is 3. The Morgan fingerprint density at radius 2 is 1.75 bits per heavy atom. The molecule has 0 aliphatic rings. The summed E-state index contributed by atoms with van der Waals surface area (Å²) >= 11 is 14.4. The largest absolute Gasteiger partial charge is 0.494 e. The van der Waals surface area contributed by atoms with E-state index in [4.69, 9.17) is 37.4 Å². The average molecular weight is 637 g/mol. The molecular weight excluding hydrogens is 614 g/mol. The first-order valence-corrected chi connectivity index (χ1v) is 12.9. The molecule has 186 valence electrons. The first-order valence-electron chi connectivity index (χ1n) is 11.0. The van der Waals surface area contributed by atoms with Crippen molar-refractivity contribution in [3.63, 3.8) is 0 Å². The van der Waals surface area contributed by atoms with Crippen molar-refractivity contribution in [3.8, 4) is 23.3 Å². The minimum Gasteiger partial charge on any atom is -0.494 e. The third kappa shape index (κ3) is 7.53. The highest BCUT2D eigenvalue weighted by Gasteiger charge is 2.15. The molecule has 0 atom stereocenters. The lowest BCUT2D eigenvalue weighted by atomic mass is 10.1. The third-order valence-corrected chi connectivity index (χ3v) is 6.21. The smallest absolute Gasteiger partial charge is 0.266 e. The predicted molar refractivity (Wildman–Crippen MR) is 151 cm³/mol. The molecule has 0 unspecified atom stereocenters. The number of anilines is 1. The number of amides is 1. The van der Waals surface area contributed by atoms with Gasteiger partial charge in [-0.25, -0.2) is 0 Å². The Morgan fingerprint density at radius 3 is 2.39 bits per heavy atom. The number of ether oxygens (including phenoxy) is 3. The van der Waals surface area contributed by atoms with Gasteiger partial charge < -0.3 is 19.5 Å². The molecule has 0 fully saturated rings. The second kappa shape index (κ2) is 13.4. The summed E-state index contributed by atoms with van der Waals surface area (Å²) in [5.41, 5.74) is 1.90. The quantitative estimate of drug-likeness (QED) is 0.141. The topological polar surface area (TPSA) is 80.6 Å². The summed E-state index contributed by atoms with van der Waals surface area (Å²) in [5.74, 6) is 1.21. The summed E-state index contributed by atoms with van der Waals surface area (Å²) in [6.45, 7) is 4.93. The Morgan fingerprint density at radius 1 is 1.03 bits per heavy atom. The zero-order valence-electron chi connectivity index (χ0n) is 19.6. The van der Waals surface area contributed by atoms with Crippen LogP contribution in [-0.4, -0.2) is 19.1 Å². The standard InChI is InChI=1S/C27H23Cl2IN2O4/c1-3-34-22-9-7-21(8-10-22)32-27(33)19(15-31)11-17-12-24(30)26(25(13-17)35-4-2)36-16-18-5-6-20(28)14-23(18)29/h5-14H,3-4,16H2,1-2H3,(H,32,33)/b19-11+. The second-order valence-electron chi connectivity index (χ2n) is 7.37. The number of hydrogen-bond acceptors (Lipinski definition) is 5. The van der Waals surface area contributed by atoms with Gasteiger partial charge in [0.2, 0.25) is 0 Å². The Bertz CT molecular complexity index is 1300. The van der Waals surface area contributed by atoms with Gasteiger partial charge in [-0.2, -0.15) is 5.26 Å². The number of nitrogens with one attached hydrogen (secondary N) is 1. The molecule has 0 aliphatic heterocycles. The lowest BCUT2D eigenvalue weighted by Crippen LogP contribution is -2.13. The molecule has 1 amide bonds. The van der Waals surface area contributed by atoms with Crippen molar-refractivity contribution in [1.82, 2.24) is 0 Å². The van der Waals surface area contributed by atoms with E-state index in [1.165, 1.54) is 6.08 Å². The molecule has 3 aromatic carbocycles. The molecule has 0 saturated carbocycles. The molecule has 1 N–H and O–H groups in total. The van der Waals surface area contributed by atoms with Crippen LogP contribution in [0.5, 0.6) is 17.2 Å². The van der Waals surface area contributed by atoms with E-state index < -0.39 is 5.91 Å². The fourth-order valence-electron chi connectivity index (χ4n) is 3.18. The van der Waals surface area contributed by atoms with E-state index >= 15 is 0 Å². The van der Waals surface area contributed by atoms with Gasteiger partial charge in [0.15, 0.2) is 11.5 Å². The summed E-state index contributed by atoms with van der Waals surface area (Å²) in [7, 11) is 0. The van der Waals surface area contributed by atoms with Crippen LogP contribution in [0.25, 0.3) is 6.08 Å². The minimum atomic E-state index is -0.521. The van der Waals surface area contributed by atoms with E-state index in [0.717, 1.165) is 9.13 Å². The molecule has 0 aromatic heterocycles. The lowest BCUT2D eigenvalue weighted by molar-refractivity contribution is -0.112. The van der Waals surface area contributed by atoms with Crippen molar-refractivity contribution in [2.75, 3.05) is 18.5 Å². The van der Waals surface area contributed by atoms with Crippen LogP contribution in [0.3, 0.4) is 0 Å². The zero-order valence-corrected chi connectivity index (χ0v) is 23.3. The van der Waals surface area contributed by atoms with Crippen LogP contribution in [0.15, 0.2) is 60.2 Å².